The molecular weight excluding hydrogens is 318 g/mol. The molecule has 0 atom stereocenters. The molecule has 2 rings (SSSR count). The summed E-state index contributed by atoms with van der Waals surface area (Å²) < 4.78 is 5.09. The normalized spacial score (nSPS) is 16.1. The molecule has 0 saturated heterocycles. The molecule has 112 valence electrons. The minimum absolute atomic E-state index is 0. The van der Waals surface area contributed by atoms with Crippen molar-refractivity contribution in [1.29, 1.82) is 0 Å². The standard InChI is InChI=1S/C16H23NO2.BrH/c1-19-15-10-8-13(9-11-15)16(18)12-17-14-6-4-2-3-5-7-14;/h8-11,14,17H,2-7,12H2,1H3;1H. The summed E-state index contributed by atoms with van der Waals surface area (Å²) in [6.07, 6.45) is 7.66. The van der Waals surface area contributed by atoms with E-state index < -0.39 is 0 Å². The van der Waals surface area contributed by atoms with Gasteiger partial charge in [-0.15, -0.1) is 17.0 Å². The van der Waals surface area contributed by atoms with Crippen LogP contribution in [0.25, 0.3) is 0 Å². The SMILES string of the molecule is Br.COc1ccc(C(=O)CNC2CCCCCC2)cc1. The van der Waals surface area contributed by atoms with E-state index >= 15 is 0 Å². The van der Waals surface area contributed by atoms with E-state index in [4.69, 9.17) is 4.74 Å². The Kier molecular flexibility index (Phi) is 7.85. The van der Waals surface area contributed by atoms with Crippen molar-refractivity contribution < 1.29 is 9.53 Å². The fourth-order valence-electron chi connectivity index (χ4n) is 2.60. The number of benzene rings is 1. The zero-order valence-electron chi connectivity index (χ0n) is 12.1. The second-order valence-electron chi connectivity index (χ2n) is 5.22. The van der Waals surface area contributed by atoms with Gasteiger partial charge in [0.25, 0.3) is 0 Å². The van der Waals surface area contributed by atoms with Crippen molar-refractivity contribution >= 4 is 22.8 Å². The highest BCUT2D eigenvalue weighted by Crippen LogP contribution is 2.17. The third kappa shape index (κ3) is 5.25. The Balaban J connectivity index is 0.00000200. The fourth-order valence-corrected chi connectivity index (χ4v) is 2.60. The van der Waals surface area contributed by atoms with E-state index in [9.17, 15) is 4.79 Å². The van der Waals surface area contributed by atoms with E-state index in [1.54, 1.807) is 7.11 Å². The van der Waals surface area contributed by atoms with Gasteiger partial charge in [0.1, 0.15) is 5.75 Å². The first kappa shape index (κ1) is 17.2. The van der Waals surface area contributed by atoms with Crippen molar-refractivity contribution in [2.24, 2.45) is 0 Å². The number of carbonyl (C=O) groups is 1. The molecule has 1 saturated carbocycles. The third-order valence-electron chi connectivity index (χ3n) is 3.82. The molecule has 0 unspecified atom stereocenters. The Morgan fingerprint density at radius 1 is 1.15 bits per heavy atom. The molecular formula is C16H24BrNO2. The van der Waals surface area contributed by atoms with Crippen LogP contribution in [0.3, 0.4) is 0 Å². The van der Waals surface area contributed by atoms with E-state index in [2.05, 4.69) is 5.32 Å². The largest absolute Gasteiger partial charge is 0.497 e. The summed E-state index contributed by atoms with van der Waals surface area (Å²) in [4.78, 5) is 12.1. The van der Waals surface area contributed by atoms with Crippen LogP contribution >= 0.6 is 17.0 Å². The zero-order valence-corrected chi connectivity index (χ0v) is 13.8. The van der Waals surface area contributed by atoms with Gasteiger partial charge in [-0.3, -0.25) is 4.79 Å². The lowest BCUT2D eigenvalue weighted by molar-refractivity contribution is 0.0986. The molecule has 0 radical (unpaired) electrons. The molecule has 1 aliphatic rings. The van der Waals surface area contributed by atoms with Gasteiger partial charge in [0, 0.05) is 11.6 Å². The molecule has 4 heteroatoms. The summed E-state index contributed by atoms with van der Waals surface area (Å²) in [7, 11) is 1.63. The lowest BCUT2D eigenvalue weighted by Gasteiger charge is -2.15. The van der Waals surface area contributed by atoms with Gasteiger partial charge in [0.05, 0.1) is 13.7 Å². The molecule has 1 fully saturated rings. The summed E-state index contributed by atoms with van der Waals surface area (Å²) in [5, 5.41) is 3.41. The Hall–Kier alpha value is -0.870. The highest BCUT2D eigenvalue weighted by Gasteiger charge is 2.13. The maximum Gasteiger partial charge on any atom is 0.176 e. The fraction of sp³-hybridized carbons (Fsp3) is 0.562. The van der Waals surface area contributed by atoms with Gasteiger partial charge in [0.2, 0.25) is 0 Å². The predicted molar refractivity (Wildman–Crippen MR) is 87.1 cm³/mol. The zero-order chi connectivity index (χ0) is 13.5. The molecule has 20 heavy (non-hydrogen) atoms. The van der Waals surface area contributed by atoms with Crippen molar-refractivity contribution in [3.63, 3.8) is 0 Å². The minimum atomic E-state index is 0. The monoisotopic (exact) mass is 341 g/mol. The molecule has 1 aromatic carbocycles. The Morgan fingerprint density at radius 3 is 2.30 bits per heavy atom. The van der Waals surface area contributed by atoms with Crippen molar-refractivity contribution in [2.75, 3.05) is 13.7 Å². The topological polar surface area (TPSA) is 38.3 Å². The van der Waals surface area contributed by atoms with Gasteiger partial charge in [-0.2, -0.15) is 0 Å². The van der Waals surface area contributed by atoms with Crippen LogP contribution < -0.4 is 10.1 Å². The molecule has 0 heterocycles. The maximum atomic E-state index is 12.1. The molecule has 0 amide bonds. The second-order valence-corrected chi connectivity index (χ2v) is 5.22. The first-order valence-corrected chi connectivity index (χ1v) is 7.20. The van der Waals surface area contributed by atoms with Crippen LogP contribution in [0.5, 0.6) is 5.75 Å². The number of rotatable bonds is 5. The lowest BCUT2D eigenvalue weighted by atomic mass is 10.1. The number of halogens is 1. The lowest BCUT2D eigenvalue weighted by Crippen LogP contribution is -2.33. The van der Waals surface area contributed by atoms with Gasteiger partial charge < -0.3 is 10.1 Å². The number of Topliss-reactive ketones (excluding diaryl/α,β-unsaturated/α-hetero) is 1. The molecule has 1 aliphatic carbocycles. The third-order valence-corrected chi connectivity index (χ3v) is 3.82. The highest BCUT2D eigenvalue weighted by molar-refractivity contribution is 8.93. The van der Waals surface area contributed by atoms with E-state index in [1.807, 2.05) is 24.3 Å². The summed E-state index contributed by atoms with van der Waals surface area (Å²) >= 11 is 0. The van der Waals surface area contributed by atoms with Crippen LogP contribution in [-0.2, 0) is 0 Å². The Bertz CT molecular complexity index is 397. The molecule has 3 nitrogen and oxygen atoms in total. The number of hydrogen-bond acceptors (Lipinski definition) is 3. The predicted octanol–water partition coefficient (Wildman–Crippen LogP) is 3.77. The van der Waals surface area contributed by atoms with Crippen LogP contribution in [0.1, 0.15) is 48.9 Å². The van der Waals surface area contributed by atoms with E-state index in [1.165, 1.54) is 38.5 Å². The number of ether oxygens (including phenoxy) is 1. The number of carbonyl (C=O) groups excluding carboxylic acids is 1. The summed E-state index contributed by atoms with van der Waals surface area (Å²) in [6.45, 7) is 0.441. The van der Waals surface area contributed by atoms with Crippen molar-refractivity contribution in [1.82, 2.24) is 5.32 Å². The molecule has 0 aromatic heterocycles. The maximum absolute atomic E-state index is 12.1. The van der Waals surface area contributed by atoms with Crippen molar-refractivity contribution in [3.8, 4) is 5.75 Å². The molecule has 0 spiro atoms. The average molecular weight is 342 g/mol. The first-order valence-electron chi connectivity index (χ1n) is 7.20. The highest BCUT2D eigenvalue weighted by atomic mass is 79.9. The van der Waals surface area contributed by atoms with Crippen LogP contribution in [-0.4, -0.2) is 25.5 Å². The minimum Gasteiger partial charge on any atom is -0.497 e. The number of ketones is 1. The molecule has 1 aromatic rings. The Labute approximate surface area is 131 Å². The van der Waals surface area contributed by atoms with E-state index in [-0.39, 0.29) is 22.8 Å². The smallest absolute Gasteiger partial charge is 0.176 e. The first-order chi connectivity index (χ1) is 9.29. The Morgan fingerprint density at radius 2 is 1.75 bits per heavy atom. The second kappa shape index (κ2) is 9.14. The number of hydrogen-bond donors (Lipinski definition) is 1. The van der Waals surface area contributed by atoms with Gasteiger partial charge in [0.15, 0.2) is 5.78 Å². The summed E-state index contributed by atoms with van der Waals surface area (Å²) in [5.74, 6) is 0.945. The van der Waals surface area contributed by atoms with Gasteiger partial charge in [-0.1, -0.05) is 25.7 Å². The molecule has 0 bridgehead atoms. The van der Waals surface area contributed by atoms with E-state index in [0.717, 1.165) is 11.3 Å². The van der Waals surface area contributed by atoms with E-state index in [0.29, 0.717) is 12.6 Å². The molecule has 0 aliphatic heterocycles. The summed E-state index contributed by atoms with van der Waals surface area (Å²) in [6, 6.07) is 7.84. The van der Waals surface area contributed by atoms with Gasteiger partial charge >= 0.3 is 0 Å². The van der Waals surface area contributed by atoms with Crippen LogP contribution in [0.2, 0.25) is 0 Å². The summed E-state index contributed by atoms with van der Waals surface area (Å²) in [5.41, 5.74) is 0.752. The number of methoxy groups -OCH3 is 1. The van der Waals surface area contributed by atoms with Gasteiger partial charge in [-0.05, 0) is 37.1 Å². The van der Waals surface area contributed by atoms with Crippen molar-refractivity contribution in [2.45, 2.75) is 44.6 Å². The van der Waals surface area contributed by atoms with Gasteiger partial charge in [-0.25, -0.2) is 0 Å². The average Bonchev–Trinajstić information content (AvgIpc) is 2.73. The quantitative estimate of drug-likeness (QED) is 0.654. The van der Waals surface area contributed by atoms with Crippen LogP contribution in [0.15, 0.2) is 24.3 Å². The molecule has 1 N–H and O–H groups in total. The van der Waals surface area contributed by atoms with Crippen molar-refractivity contribution in [3.05, 3.63) is 29.8 Å². The number of nitrogens with one attached hydrogen (secondary N) is 1. The van der Waals surface area contributed by atoms with Crippen LogP contribution in [0.4, 0.5) is 0 Å². The van der Waals surface area contributed by atoms with Crippen LogP contribution in [0, 0.1) is 0 Å².